The largest absolute Gasteiger partial charge is 0.508 e. The van der Waals surface area contributed by atoms with E-state index in [1.54, 1.807) is 24.3 Å². The molecule has 6 atom stereocenters. The number of H-pyrrole nitrogens is 1. The smallest absolute Gasteiger partial charge is 0.490 e. The minimum Gasteiger partial charge on any atom is -0.508 e. The minimum atomic E-state index is -5.08. The highest BCUT2D eigenvalue weighted by Crippen LogP contribution is 2.22. The fourth-order valence-corrected chi connectivity index (χ4v) is 8.36. The van der Waals surface area contributed by atoms with E-state index in [2.05, 4.69) is 36.9 Å². The minimum absolute atomic E-state index is 0.0410. The Balaban J connectivity index is 0.00000142. The van der Waals surface area contributed by atoms with Crippen molar-refractivity contribution < 1.29 is 61.7 Å². The van der Waals surface area contributed by atoms with Crippen molar-refractivity contribution in [2.75, 3.05) is 13.1 Å². The number of likely N-dealkylation sites (tertiary alicyclic amines) is 1. The Morgan fingerprint density at radius 3 is 1.92 bits per heavy atom. The molecular formula is C54H64F3N9O10. The van der Waals surface area contributed by atoms with Crippen LogP contribution in [0.1, 0.15) is 62.3 Å². The molecule has 0 aliphatic carbocycles. The molecule has 6 rings (SSSR count). The first-order chi connectivity index (χ1) is 36.1. The molecule has 1 aromatic heterocycles. The van der Waals surface area contributed by atoms with Crippen molar-refractivity contribution in [2.24, 2.45) is 11.7 Å². The summed E-state index contributed by atoms with van der Waals surface area (Å²) in [4.78, 5) is 110. The van der Waals surface area contributed by atoms with Gasteiger partial charge in [-0.05, 0) is 79.0 Å². The predicted molar refractivity (Wildman–Crippen MR) is 275 cm³/mol. The predicted octanol–water partition coefficient (Wildman–Crippen LogP) is 3.29. The van der Waals surface area contributed by atoms with Gasteiger partial charge in [-0.25, -0.2) is 4.79 Å². The maximum atomic E-state index is 14.5. The number of aromatic amines is 1. The highest BCUT2D eigenvalue weighted by molar-refractivity contribution is 5.97. The van der Waals surface area contributed by atoms with Gasteiger partial charge in [-0.2, -0.15) is 13.2 Å². The highest BCUT2D eigenvalue weighted by atomic mass is 19.4. The summed E-state index contributed by atoms with van der Waals surface area (Å²) in [5, 5.41) is 34.2. The number of carbonyl (C=O) groups excluding carboxylic acids is 7. The second-order valence-electron chi connectivity index (χ2n) is 18.7. The third kappa shape index (κ3) is 18.0. The fraction of sp³-hybridized carbons (Fsp3) is 0.370. The second kappa shape index (κ2) is 27.9. The van der Waals surface area contributed by atoms with Gasteiger partial charge in [0.2, 0.25) is 41.4 Å². The number of phenols is 1. The number of halogens is 3. The van der Waals surface area contributed by atoms with E-state index in [1.165, 1.54) is 24.0 Å². The van der Waals surface area contributed by atoms with Gasteiger partial charge in [-0.1, -0.05) is 105 Å². The van der Waals surface area contributed by atoms with Crippen LogP contribution in [0, 0.1) is 5.92 Å². The molecule has 4 aromatic carbocycles. The Labute approximate surface area is 436 Å². The van der Waals surface area contributed by atoms with Crippen LogP contribution in [0.4, 0.5) is 13.2 Å². The van der Waals surface area contributed by atoms with E-state index >= 15 is 0 Å². The van der Waals surface area contributed by atoms with Gasteiger partial charge < -0.3 is 57.7 Å². The molecule has 0 bridgehead atoms. The number of carbonyl (C=O) groups is 8. The highest BCUT2D eigenvalue weighted by Gasteiger charge is 2.40. The molecule has 0 saturated carbocycles. The first-order valence-electron chi connectivity index (χ1n) is 24.6. The average Bonchev–Trinajstić information content (AvgIpc) is 4.05. The Bertz CT molecular complexity index is 2780. The molecule has 19 nitrogen and oxygen atoms in total. The third-order valence-electron chi connectivity index (χ3n) is 12.3. The number of fused-ring (bicyclic) bond motifs is 1. The molecule has 7 amide bonds. The summed E-state index contributed by atoms with van der Waals surface area (Å²) in [6.45, 7) is 5.23. The normalized spacial score (nSPS) is 15.2. The maximum absolute atomic E-state index is 14.5. The standard InChI is InChI=1S/C52H63N9O8.C2HF3O2/c1-32(2)25-42(50(67)59-43(49(66)55-29-36-15-8-5-9-16-36)28-37-30-54-41-18-11-10-17-39(37)41)60-51(68)45-19-12-24-61(45)52(69)44(27-34-13-6-4-7-14-34)58-46(63)31-56-47(64)33(3)57-48(65)40(53)26-35-20-22-38(62)23-21-35;3-2(4,5)1(6)7/h4-11,13-18,20-23,30,32-33,40,42-45,54,62H,12,19,24-29,31,53H2,1-3H3,(H,55,66)(H,56,64)(H,57,65)(H,58,63)(H,59,67)(H,60,68);(H,6,7)/t33-,40+,42+,43+,44+,45+;/m1./s1. The molecule has 0 spiro atoms. The summed E-state index contributed by atoms with van der Waals surface area (Å²) < 4.78 is 31.7. The van der Waals surface area contributed by atoms with Gasteiger partial charge in [-0.15, -0.1) is 0 Å². The first kappa shape index (κ1) is 58.6. The van der Waals surface area contributed by atoms with Crippen LogP contribution in [0.3, 0.4) is 0 Å². The lowest BCUT2D eigenvalue weighted by molar-refractivity contribution is -0.192. The SMILES string of the molecule is CC(C)C[C@H](NC(=O)[C@@H]1CCCN1C(=O)[C@H](Cc1ccccc1)NC(=O)CNC(=O)[C@@H](C)NC(=O)[C@@H](N)Cc1ccc(O)cc1)C(=O)N[C@@H](Cc1c[nH]c2ccccc12)C(=O)NCc1ccccc1.O=C(O)C(F)(F)F. The number of alkyl halides is 3. The van der Waals surface area contributed by atoms with Crippen LogP contribution in [0.25, 0.3) is 10.9 Å². The Hall–Kier alpha value is -8.27. The summed E-state index contributed by atoms with van der Waals surface area (Å²) >= 11 is 0. The monoisotopic (exact) mass is 1060 g/mol. The number of nitrogens with one attached hydrogen (secondary N) is 7. The number of benzene rings is 4. The van der Waals surface area contributed by atoms with Crippen LogP contribution in [0.2, 0.25) is 0 Å². The number of nitrogens with two attached hydrogens (primary N) is 1. The Morgan fingerprint density at radius 2 is 1.29 bits per heavy atom. The van der Waals surface area contributed by atoms with Gasteiger partial charge in [0.25, 0.3) is 0 Å². The lowest BCUT2D eigenvalue weighted by Crippen LogP contribution is -2.59. The molecule has 406 valence electrons. The molecule has 5 aromatic rings. The number of hydrogen-bond acceptors (Lipinski definition) is 10. The topological polar surface area (TPSA) is 294 Å². The van der Waals surface area contributed by atoms with E-state index in [0.717, 1.165) is 27.6 Å². The van der Waals surface area contributed by atoms with E-state index in [9.17, 15) is 51.8 Å². The fourth-order valence-electron chi connectivity index (χ4n) is 8.36. The molecular weight excluding hydrogens is 992 g/mol. The van der Waals surface area contributed by atoms with Crippen molar-refractivity contribution in [1.82, 2.24) is 41.8 Å². The number of aliphatic carboxylic acids is 1. The van der Waals surface area contributed by atoms with Gasteiger partial charge in [-0.3, -0.25) is 33.6 Å². The summed E-state index contributed by atoms with van der Waals surface area (Å²) in [7, 11) is 0. The van der Waals surface area contributed by atoms with Gasteiger partial charge in [0.1, 0.15) is 36.0 Å². The van der Waals surface area contributed by atoms with Crippen LogP contribution in [0.15, 0.2) is 115 Å². The van der Waals surface area contributed by atoms with Crippen LogP contribution < -0.4 is 37.6 Å². The zero-order valence-corrected chi connectivity index (χ0v) is 42.2. The second-order valence-corrected chi connectivity index (χ2v) is 18.7. The van der Waals surface area contributed by atoms with E-state index in [0.29, 0.717) is 18.4 Å². The van der Waals surface area contributed by atoms with Gasteiger partial charge >= 0.3 is 12.1 Å². The molecule has 1 saturated heterocycles. The lowest BCUT2D eigenvalue weighted by atomic mass is 10.00. The summed E-state index contributed by atoms with van der Waals surface area (Å²) in [5.74, 6) is -6.64. The molecule has 11 N–H and O–H groups in total. The number of amides is 7. The zero-order valence-electron chi connectivity index (χ0n) is 42.2. The van der Waals surface area contributed by atoms with Crippen molar-refractivity contribution in [3.05, 3.63) is 138 Å². The number of phenolic OH excluding ortho intramolecular Hbond substituents is 1. The van der Waals surface area contributed by atoms with E-state index in [4.69, 9.17) is 15.6 Å². The van der Waals surface area contributed by atoms with Gasteiger partial charge in [0, 0.05) is 43.0 Å². The maximum Gasteiger partial charge on any atom is 0.490 e. The van der Waals surface area contributed by atoms with E-state index in [-0.39, 0.29) is 50.4 Å². The number of carboxylic acid groups (broad SMARTS) is 1. The number of nitrogens with zero attached hydrogens (tertiary/aromatic N) is 1. The number of aromatic hydroxyl groups is 1. The van der Waals surface area contributed by atoms with Crippen LogP contribution in [-0.4, -0.2) is 123 Å². The number of hydrogen-bond donors (Lipinski definition) is 10. The Morgan fingerprint density at radius 1 is 0.684 bits per heavy atom. The van der Waals surface area contributed by atoms with E-state index < -0.39 is 96.3 Å². The van der Waals surface area contributed by atoms with Crippen LogP contribution >= 0.6 is 0 Å². The van der Waals surface area contributed by atoms with E-state index in [1.807, 2.05) is 92.8 Å². The third-order valence-corrected chi connectivity index (χ3v) is 12.3. The molecule has 1 fully saturated rings. The van der Waals surface area contributed by atoms with Crippen molar-refractivity contribution in [3.63, 3.8) is 0 Å². The van der Waals surface area contributed by atoms with Gasteiger partial charge in [0.05, 0.1) is 12.6 Å². The van der Waals surface area contributed by atoms with Crippen LogP contribution in [-0.2, 0) is 64.2 Å². The molecule has 22 heteroatoms. The van der Waals surface area contributed by atoms with Crippen molar-refractivity contribution in [2.45, 2.75) is 108 Å². The van der Waals surface area contributed by atoms with Gasteiger partial charge in [0.15, 0.2) is 0 Å². The molecule has 1 aliphatic heterocycles. The first-order valence-corrected chi connectivity index (χ1v) is 24.6. The van der Waals surface area contributed by atoms with Crippen molar-refractivity contribution in [1.29, 1.82) is 0 Å². The number of carboxylic acids is 1. The zero-order chi connectivity index (χ0) is 55.5. The molecule has 0 radical (unpaired) electrons. The number of rotatable bonds is 22. The van der Waals surface area contributed by atoms with Crippen molar-refractivity contribution in [3.8, 4) is 5.75 Å². The lowest BCUT2D eigenvalue weighted by Gasteiger charge is -2.30. The molecule has 76 heavy (non-hydrogen) atoms. The summed E-state index contributed by atoms with van der Waals surface area (Å²) in [6, 6.07) is 26.2. The molecule has 2 heterocycles. The van der Waals surface area contributed by atoms with Crippen LogP contribution in [0.5, 0.6) is 5.75 Å². The summed E-state index contributed by atoms with van der Waals surface area (Å²) in [6.07, 6.45) is -1.80. The molecule has 0 unspecified atom stereocenters. The van der Waals surface area contributed by atoms with Crippen molar-refractivity contribution >= 4 is 58.2 Å². The summed E-state index contributed by atoms with van der Waals surface area (Å²) in [5.41, 5.74) is 10.1. The average molecular weight is 1060 g/mol. The Kier molecular flexibility index (Phi) is 21.5. The molecule has 1 aliphatic rings. The quantitative estimate of drug-likeness (QED) is 0.0480. The number of para-hydroxylation sites is 1. The number of aromatic nitrogens is 1.